The number of carbonyl (C=O) groups is 1. The number of hydrogen-bond acceptors (Lipinski definition) is 5. The minimum atomic E-state index is -0.122. The van der Waals surface area contributed by atoms with Gasteiger partial charge >= 0.3 is 6.09 Å². The Bertz CT molecular complexity index is 566. The van der Waals surface area contributed by atoms with E-state index in [9.17, 15) is 4.79 Å². The first-order valence-electron chi connectivity index (χ1n) is 12.3. The molecule has 0 bridgehead atoms. The predicted octanol–water partition coefficient (Wildman–Crippen LogP) is 4.38. The second kappa shape index (κ2) is 11.5. The lowest BCUT2D eigenvalue weighted by Crippen LogP contribution is -2.54. The van der Waals surface area contributed by atoms with Gasteiger partial charge in [-0.25, -0.2) is 4.79 Å². The molecule has 0 N–H and O–H groups in total. The fourth-order valence-electron chi connectivity index (χ4n) is 5.68. The van der Waals surface area contributed by atoms with Crippen molar-refractivity contribution in [1.29, 1.82) is 0 Å². The summed E-state index contributed by atoms with van der Waals surface area (Å²) in [6, 6.07) is 0.716. The quantitative estimate of drug-likeness (QED) is 0.388. The lowest BCUT2D eigenvalue weighted by molar-refractivity contribution is -0.00549. The van der Waals surface area contributed by atoms with Gasteiger partial charge in [0, 0.05) is 45.1 Å². The summed E-state index contributed by atoms with van der Waals surface area (Å²) in [5.74, 6) is 0.684. The van der Waals surface area contributed by atoms with Crippen LogP contribution in [0.2, 0.25) is 0 Å². The Kier molecular flexibility index (Phi) is 8.99. The molecule has 0 aromatic rings. The molecule has 3 rings (SSSR count). The Morgan fingerprint density at radius 2 is 1.90 bits per heavy atom. The molecule has 6 nitrogen and oxygen atoms in total. The second-order valence-corrected chi connectivity index (χ2v) is 9.57. The second-order valence-electron chi connectivity index (χ2n) is 9.57. The Morgan fingerprint density at radius 3 is 2.57 bits per heavy atom. The number of aliphatic imine (C=N–C) groups is 1. The normalized spacial score (nSPS) is 28.2. The summed E-state index contributed by atoms with van der Waals surface area (Å²) < 4.78 is 10.3. The number of amides is 1. The van der Waals surface area contributed by atoms with Gasteiger partial charge < -0.3 is 19.3 Å². The van der Waals surface area contributed by atoms with Crippen molar-refractivity contribution in [3.05, 3.63) is 0 Å². The topological polar surface area (TPSA) is 54.4 Å². The molecule has 0 aromatic carbocycles. The van der Waals surface area contributed by atoms with E-state index in [1.165, 1.54) is 50.9 Å². The molecule has 1 saturated carbocycles. The van der Waals surface area contributed by atoms with E-state index in [4.69, 9.17) is 14.5 Å². The molecular formula is C24H43N3O3. The zero-order valence-electron chi connectivity index (χ0n) is 19.5. The summed E-state index contributed by atoms with van der Waals surface area (Å²) >= 11 is 0. The van der Waals surface area contributed by atoms with Crippen LogP contribution in [0.3, 0.4) is 0 Å². The third kappa shape index (κ3) is 5.97. The molecule has 1 aliphatic carbocycles. The van der Waals surface area contributed by atoms with E-state index in [0.29, 0.717) is 24.0 Å². The minimum Gasteiger partial charge on any atom is -0.450 e. The Hall–Kier alpha value is -1.14. The van der Waals surface area contributed by atoms with E-state index in [-0.39, 0.29) is 6.09 Å². The number of hydrogen-bond donors (Lipinski definition) is 0. The maximum absolute atomic E-state index is 12.0. The SMILES string of the molecule is CCC/C(=N\CCCCOC)C1CCN(C2CC3(CCN(C(=O)OCC)C3)C2)CC1. The zero-order chi connectivity index (χ0) is 21.4. The first-order valence-corrected chi connectivity index (χ1v) is 12.3. The van der Waals surface area contributed by atoms with E-state index < -0.39 is 0 Å². The van der Waals surface area contributed by atoms with E-state index >= 15 is 0 Å². The van der Waals surface area contributed by atoms with Gasteiger partial charge in [0.05, 0.1) is 6.61 Å². The van der Waals surface area contributed by atoms with Gasteiger partial charge in [-0.05, 0) is 82.7 Å². The van der Waals surface area contributed by atoms with Gasteiger partial charge in [-0.3, -0.25) is 4.99 Å². The highest BCUT2D eigenvalue weighted by Crippen LogP contribution is 2.50. The minimum absolute atomic E-state index is 0.122. The Labute approximate surface area is 183 Å². The van der Waals surface area contributed by atoms with Gasteiger partial charge in [0.15, 0.2) is 0 Å². The Morgan fingerprint density at radius 1 is 1.13 bits per heavy atom. The van der Waals surface area contributed by atoms with E-state index in [1.807, 2.05) is 11.8 Å². The van der Waals surface area contributed by atoms with Crippen LogP contribution < -0.4 is 0 Å². The molecule has 0 unspecified atom stereocenters. The fraction of sp³-hybridized carbons (Fsp3) is 0.917. The maximum atomic E-state index is 12.0. The number of nitrogens with zero attached hydrogens (tertiary/aromatic N) is 3. The van der Waals surface area contributed by atoms with Crippen molar-refractivity contribution in [2.75, 3.05) is 53.0 Å². The zero-order valence-corrected chi connectivity index (χ0v) is 19.5. The highest BCUT2D eigenvalue weighted by Gasteiger charge is 2.51. The molecule has 1 spiro atoms. The van der Waals surface area contributed by atoms with Crippen molar-refractivity contribution in [3.8, 4) is 0 Å². The lowest BCUT2D eigenvalue weighted by Gasteiger charge is -2.51. The van der Waals surface area contributed by atoms with Gasteiger partial charge in [-0.2, -0.15) is 0 Å². The molecule has 0 atom stereocenters. The van der Waals surface area contributed by atoms with Crippen molar-refractivity contribution >= 4 is 11.8 Å². The summed E-state index contributed by atoms with van der Waals surface area (Å²) in [4.78, 5) is 21.7. The summed E-state index contributed by atoms with van der Waals surface area (Å²) in [5.41, 5.74) is 1.84. The molecule has 2 aliphatic heterocycles. The molecule has 2 saturated heterocycles. The average Bonchev–Trinajstić information content (AvgIpc) is 3.18. The predicted molar refractivity (Wildman–Crippen MR) is 121 cm³/mol. The number of likely N-dealkylation sites (tertiary alicyclic amines) is 2. The summed E-state index contributed by atoms with van der Waals surface area (Å²) in [6.07, 6.45) is 10.6. The van der Waals surface area contributed by atoms with Gasteiger partial charge in [-0.15, -0.1) is 0 Å². The highest BCUT2D eigenvalue weighted by atomic mass is 16.6. The van der Waals surface area contributed by atoms with Crippen LogP contribution in [0.5, 0.6) is 0 Å². The lowest BCUT2D eigenvalue weighted by atomic mass is 9.64. The van der Waals surface area contributed by atoms with Gasteiger partial charge in [0.1, 0.15) is 0 Å². The molecule has 2 heterocycles. The maximum Gasteiger partial charge on any atom is 0.409 e. The number of ether oxygens (including phenoxy) is 2. The smallest absolute Gasteiger partial charge is 0.409 e. The number of unbranched alkanes of at least 4 members (excludes halogenated alkanes) is 1. The largest absolute Gasteiger partial charge is 0.450 e. The van der Waals surface area contributed by atoms with Crippen molar-refractivity contribution < 1.29 is 14.3 Å². The molecule has 3 fully saturated rings. The molecule has 30 heavy (non-hydrogen) atoms. The third-order valence-corrected chi connectivity index (χ3v) is 7.40. The molecule has 1 amide bonds. The molecule has 3 aliphatic rings. The van der Waals surface area contributed by atoms with Gasteiger partial charge in [0.25, 0.3) is 0 Å². The summed E-state index contributed by atoms with van der Waals surface area (Å²) in [5, 5.41) is 0. The van der Waals surface area contributed by atoms with Crippen LogP contribution >= 0.6 is 0 Å². The molecule has 0 radical (unpaired) electrons. The molecule has 0 aromatic heterocycles. The van der Waals surface area contributed by atoms with Crippen molar-refractivity contribution in [2.45, 2.75) is 77.7 Å². The first kappa shape index (κ1) is 23.5. The van der Waals surface area contributed by atoms with Crippen LogP contribution in [-0.4, -0.2) is 80.7 Å². The van der Waals surface area contributed by atoms with Crippen LogP contribution in [0, 0.1) is 11.3 Å². The van der Waals surface area contributed by atoms with Crippen LogP contribution in [-0.2, 0) is 9.47 Å². The number of rotatable bonds is 10. The Balaban J connectivity index is 1.40. The standard InChI is InChI=1S/C24H43N3O3/c1-4-8-22(25-12-6-7-16-29-3)20-9-13-26(14-10-20)21-17-24(18-21)11-15-27(19-24)23(28)30-5-2/h20-21H,4-19H2,1-3H3/b25-22+. The van der Waals surface area contributed by atoms with E-state index in [0.717, 1.165) is 51.9 Å². The highest BCUT2D eigenvalue weighted by molar-refractivity contribution is 5.86. The number of methoxy groups -OCH3 is 1. The van der Waals surface area contributed by atoms with Crippen molar-refractivity contribution in [2.24, 2.45) is 16.3 Å². The van der Waals surface area contributed by atoms with Crippen LogP contribution in [0.25, 0.3) is 0 Å². The van der Waals surface area contributed by atoms with Crippen molar-refractivity contribution in [1.82, 2.24) is 9.80 Å². The summed E-state index contributed by atoms with van der Waals surface area (Å²) in [6.45, 7) is 10.6. The number of carbonyl (C=O) groups excluding carboxylic acids is 1. The fourth-order valence-corrected chi connectivity index (χ4v) is 5.68. The molecule has 6 heteroatoms. The van der Waals surface area contributed by atoms with Crippen LogP contribution in [0.4, 0.5) is 4.79 Å². The van der Waals surface area contributed by atoms with Gasteiger partial charge in [-0.1, -0.05) is 13.3 Å². The molecular weight excluding hydrogens is 378 g/mol. The van der Waals surface area contributed by atoms with Gasteiger partial charge in [0.2, 0.25) is 0 Å². The van der Waals surface area contributed by atoms with Crippen LogP contribution in [0.15, 0.2) is 4.99 Å². The summed E-state index contributed by atoms with van der Waals surface area (Å²) in [7, 11) is 1.77. The van der Waals surface area contributed by atoms with E-state index in [2.05, 4.69) is 11.8 Å². The average molecular weight is 422 g/mol. The molecule has 172 valence electrons. The monoisotopic (exact) mass is 421 g/mol. The van der Waals surface area contributed by atoms with E-state index in [1.54, 1.807) is 7.11 Å². The third-order valence-electron chi connectivity index (χ3n) is 7.40. The number of piperidine rings is 1. The van der Waals surface area contributed by atoms with Crippen LogP contribution in [0.1, 0.15) is 71.6 Å². The van der Waals surface area contributed by atoms with Crippen molar-refractivity contribution in [3.63, 3.8) is 0 Å². The first-order chi connectivity index (χ1) is 14.6.